The van der Waals surface area contributed by atoms with E-state index in [1.807, 2.05) is 0 Å². The Morgan fingerprint density at radius 3 is 2.45 bits per heavy atom. The minimum atomic E-state index is -0.723. The lowest BCUT2D eigenvalue weighted by Crippen LogP contribution is -2.45. The van der Waals surface area contributed by atoms with Crippen LogP contribution < -0.4 is 10.5 Å². The van der Waals surface area contributed by atoms with Gasteiger partial charge in [0.25, 0.3) is 5.91 Å². The molecule has 0 unspecified atom stereocenters. The van der Waals surface area contributed by atoms with Crippen molar-refractivity contribution in [3.8, 4) is 5.88 Å². The lowest BCUT2D eigenvalue weighted by molar-refractivity contribution is -0.144. The molecule has 1 saturated heterocycles. The third-order valence-electron chi connectivity index (χ3n) is 6.07. The zero-order valence-electron chi connectivity index (χ0n) is 16.1. The molecule has 1 aromatic rings. The molecule has 0 radical (unpaired) electrons. The highest BCUT2D eigenvalue weighted by atomic mass is 16.5. The molecule has 4 rings (SSSR count). The first kappa shape index (κ1) is 19.4. The van der Waals surface area contributed by atoms with Crippen molar-refractivity contribution in [1.29, 1.82) is 0 Å². The van der Waals surface area contributed by atoms with Gasteiger partial charge in [-0.2, -0.15) is 0 Å². The van der Waals surface area contributed by atoms with E-state index in [1.165, 1.54) is 6.20 Å². The third-order valence-corrected chi connectivity index (χ3v) is 6.07. The second kappa shape index (κ2) is 7.81. The minimum Gasteiger partial charge on any atom is -0.474 e. The predicted octanol–water partition coefficient (Wildman–Crippen LogP) is 1.46. The molecule has 0 spiro atoms. The molecule has 2 N–H and O–H groups in total. The van der Waals surface area contributed by atoms with Crippen LogP contribution in [0.15, 0.2) is 18.3 Å². The maximum absolute atomic E-state index is 12.7. The fourth-order valence-corrected chi connectivity index (χ4v) is 4.19. The first-order valence-corrected chi connectivity index (χ1v) is 10.1. The van der Waals surface area contributed by atoms with Crippen molar-refractivity contribution in [2.24, 2.45) is 11.7 Å². The largest absolute Gasteiger partial charge is 0.474 e. The van der Waals surface area contributed by atoms with Crippen LogP contribution in [0.1, 0.15) is 55.3 Å². The molecule has 5 amide bonds. The molecule has 2 saturated carbocycles. The Morgan fingerprint density at radius 2 is 1.83 bits per heavy atom. The number of pyridine rings is 1. The van der Waals surface area contributed by atoms with E-state index in [1.54, 1.807) is 12.1 Å². The van der Waals surface area contributed by atoms with Crippen molar-refractivity contribution in [1.82, 2.24) is 14.8 Å². The number of rotatable bonds is 6. The molecule has 9 heteroatoms. The van der Waals surface area contributed by atoms with Crippen molar-refractivity contribution >= 4 is 23.8 Å². The van der Waals surface area contributed by atoms with E-state index in [4.69, 9.17) is 10.5 Å². The van der Waals surface area contributed by atoms with Crippen LogP contribution in [0.3, 0.4) is 0 Å². The third kappa shape index (κ3) is 3.68. The van der Waals surface area contributed by atoms with Crippen molar-refractivity contribution in [3.05, 3.63) is 23.9 Å². The Kier molecular flexibility index (Phi) is 5.21. The van der Waals surface area contributed by atoms with E-state index in [9.17, 15) is 19.2 Å². The number of aromatic nitrogens is 1. The summed E-state index contributed by atoms with van der Waals surface area (Å²) in [7, 11) is 0. The maximum Gasteiger partial charge on any atom is 0.334 e. The van der Waals surface area contributed by atoms with Gasteiger partial charge in [0.2, 0.25) is 5.88 Å². The number of carbonyl (C=O) groups is 4. The number of amides is 5. The highest BCUT2D eigenvalue weighted by Gasteiger charge is 2.49. The number of ether oxygens (including phenoxy) is 1. The smallest absolute Gasteiger partial charge is 0.334 e. The predicted molar refractivity (Wildman–Crippen MR) is 101 cm³/mol. The number of imide groups is 2. The quantitative estimate of drug-likeness (QED) is 0.570. The summed E-state index contributed by atoms with van der Waals surface area (Å²) in [6.45, 7) is 0.341. The monoisotopic (exact) mass is 400 g/mol. The van der Waals surface area contributed by atoms with Gasteiger partial charge < -0.3 is 10.5 Å². The van der Waals surface area contributed by atoms with Crippen LogP contribution in [-0.4, -0.2) is 57.2 Å². The van der Waals surface area contributed by atoms with Gasteiger partial charge in [0.15, 0.2) is 0 Å². The summed E-state index contributed by atoms with van der Waals surface area (Å²) in [4.78, 5) is 55.3. The molecule has 0 aromatic carbocycles. The van der Waals surface area contributed by atoms with E-state index in [0.717, 1.165) is 29.1 Å². The molecule has 3 aliphatic rings. The number of hydrogen-bond acceptors (Lipinski definition) is 6. The Labute approximate surface area is 168 Å². The minimum absolute atomic E-state index is 0.193. The Morgan fingerprint density at radius 1 is 1.10 bits per heavy atom. The Hall–Kier alpha value is -2.97. The van der Waals surface area contributed by atoms with Crippen molar-refractivity contribution in [3.63, 3.8) is 0 Å². The lowest BCUT2D eigenvalue weighted by Gasteiger charge is -2.33. The molecular formula is C20H24N4O5. The second-order valence-corrected chi connectivity index (χ2v) is 7.94. The number of primary amides is 1. The van der Waals surface area contributed by atoms with Crippen LogP contribution in [0.25, 0.3) is 0 Å². The summed E-state index contributed by atoms with van der Waals surface area (Å²) in [5.74, 6) is -1.53. The highest BCUT2D eigenvalue weighted by molar-refractivity contribution is 6.44. The fraction of sp³-hybridized carbons (Fsp3) is 0.550. The first-order chi connectivity index (χ1) is 14.0. The summed E-state index contributed by atoms with van der Waals surface area (Å²) < 4.78 is 5.85. The van der Waals surface area contributed by atoms with E-state index in [2.05, 4.69) is 4.98 Å². The molecule has 1 aliphatic heterocycles. The first-order valence-electron chi connectivity index (χ1n) is 10.1. The summed E-state index contributed by atoms with van der Waals surface area (Å²) in [5, 5.41) is 0. The highest BCUT2D eigenvalue weighted by Crippen LogP contribution is 2.32. The Balaban J connectivity index is 1.37. The normalized spacial score (nSPS) is 25.3. The molecule has 1 aromatic heterocycles. The summed E-state index contributed by atoms with van der Waals surface area (Å²) >= 11 is 0. The number of carbonyl (C=O) groups excluding carboxylic acids is 4. The van der Waals surface area contributed by atoms with Gasteiger partial charge in [-0.3, -0.25) is 24.2 Å². The standard InChI is InChI=1S/C20H24N4O5/c21-16(25)15-5-2-10-22-17(15)29-14-8-6-13(7-9-14)24-19(27)18(26)23(20(24)28)11-12-3-1-4-12/h2,5,10,12-14H,1,3-4,6-9,11H2,(H2,21,25)/t13-,14-. The number of urea groups is 1. The molecule has 9 nitrogen and oxygen atoms in total. The zero-order valence-corrected chi connectivity index (χ0v) is 16.1. The SMILES string of the molecule is NC(=O)c1cccnc1O[C@H]1CC[C@H](N2C(=O)C(=O)N(CC3CCC3)C2=O)CC1. The van der Waals surface area contributed by atoms with E-state index in [-0.39, 0.29) is 23.6 Å². The maximum atomic E-state index is 12.7. The number of hydrogen-bond donors (Lipinski definition) is 1. The number of nitrogens with two attached hydrogens (primary N) is 1. The van der Waals surface area contributed by atoms with Gasteiger partial charge in [0.1, 0.15) is 11.7 Å². The molecular weight excluding hydrogens is 376 g/mol. The van der Waals surface area contributed by atoms with E-state index < -0.39 is 23.8 Å². The average Bonchev–Trinajstić information content (AvgIpc) is 2.88. The van der Waals surface area contributed by atoms with Crippen molar-refractivity contribution < 1.29 is 23.9 Å². The molecule has 2 heterocycles. The zero-order chi connectivity index (χ0) is 20.5. The summed E-state index contributed by atoms with van der Waals surface area (Å²) in [5.41, 5.74) is 5.57. The van der Waals surface area contributed by atoms with Gasteiger partial charge in [0.05, 0.1) is 0 Å². The van der Waals surface area contributed by atoms with Gasteiger partial charge >= 0.3 is 17.8 Å². The molecule has 2 aliphatic carbocycles. The van der Waals surface area contributed by atoms with Crippen LogP contribution in [-0.2, 0) is 9.59 Å². The van der Waals surface area contributed by atoms with Crippen molar-refractivity contribution in [2.75, 3.05) is 6.54 Å². The van der Waals surface area contributed by atoms with Crippen LogP contribution in [0.4, 0.5) is 4.79 Å². The molecule has 29 heavy (non-hydrogen) atoms. The van der Waals surface area contributed by atoms with Gasteiger partial charge in [-0.1, -0.05) is 6.42 Å². The van der Waals surface area contributed by atoms with Crippen LogP contribution >= 0.6 is 0 Å². The fourth-order valence-electron chi connectivity index (χ4n) is 4.19. The number of nitrogens with zero attached hydrogens (tertiary/aromatic N) is 3. The van der Waals surface area contributed by atoms with Crippen LogP contribution in [0.5, 0.6) is 5.88 Å². The van der Waals surface area contributed by atoms with E-state index in [0.29, 0.717) is 38.1 Å². The van der Waals surface area contributed by atoms with Gasteiger partial charge in [0, 0.05) is 18.8 Å². The van der Waals surface area contributed by atoms with E-state index >= 15 is 0 Å². The van der Waals surface area contributed by atoms with Gasteiger partial charge in [-0.05, 0) is 56.6 Å². The average molecular weight is 400 g/mol. The van der Waals surface area contributed by atoms with Gasteiger partial charge in [-0.25, -0.2) is 9.78 Å². The summed E-state index contributed by atoms with van der Waals surface area (Å²) in [6, 6.07) is 2.36. The van der Waals surface area contributed by atoms with Crippen molar-refractivity contribution in [2.45, 2.75) is 57.1 Å². The summed E-state index contributed by atoms with van der Waals surface area (Å²) in [6.07, 6.45) is 6.64. The second-order valence-electron chi connectivity index (χ2n) is 7.94. The topological polar surface area (TPSA) is 123 Å². The Bertz CT molecular complexity index is 845. The molecule has 0 atom stereocenters. The lowest BCUT2D eigenvalue weighted by atomic mass is 9.85. The molecule has 3 fully saturated rings. The molecule has 154 valence electrons. The van der Waals surface area contributed by atoms with Gasteiger partial charge in [-0.15, -0.1) is 0 Å². The van der Waals surface area contributed by atoms with Crippen LogP contribution in [0.2, 0.25) is 0 Å². The molecule has 0 bridgehead atoms. The van der Waals surface area contributed by atoms with Crippen LogP contribution in [0, 0.1) is 5.92 Å².